The van der Waals surface area contributed by atoms with Crippen molar-refractivity contribution in [2.24, 2.45) is 0 Å². The molecule has 5 nitrogen and oxygen atoms in total. The third-order valence-corrected chi connectivity index (χ3v) is 6.01. The van der Waals surface area contributed by atoms with Crippen LogP contribution < -0.4 is 4.90 Å². The number of hydrogen-bond donors (Lipinski definition) is 0. The monoisotopic (exact) mass is 341 g/mol. The largest absolute Gasteiger partial charge is 0.333 e. The van der Waals surface area contributed by atoms with Gasteiger partial charge in [-0.2, -0.15) is 0 Å². The molecule has 0 saturated carbocycles. The van der Waals surface area contributed by atoms with Crippen molar-refractivity contribution in [1.82, 2.24) is 9.88 Å². The number of piperidine rings is 1. The maximum absolute atomic E-state index is 12.9. The van der Waals surface area contributed by atoms with Crippen LogP contribution in [0.2, 0.25) is 0 Å². The number of carbonyl (C=O) groups excluding carboxylic acids is 2. The average Bonchev–Trinajstić information content (AvgIpc) is 3.21. The lowest BCUT2D eigenvalue weighted by molar-refractivity contribution is -0.120. The van der Waals surface area contributed by atoms with Crippen molar-refractivity contribution in [3.05, 3.63) is 46.4 Å². The summed E-state index contributed by atoms with van der Waals surface area (Å²) in [4.78, 5) is 34.2. The van der Waals surface area contributed by atoms with Crippen LogP contribution in [0.3, 0.4) is 0 Å². The summed E-state index contributed by atoms with van der Waals surface area (Å²) in [5.41, 5.74) is 1.86. The van der Waals surface area contributed by atoms with Crippen LogP contribution in [0.1, 0.15) is 34.5 Å². The number of fused-ring (bicyclic) bond motifs is 1. The van der Waals surface area contributed by atoms with E-state index in [0.29, 0.717) is 13.0 Å². The van der Waals surface area contributed by atoms with Crippen molar-refractivity contribution in [2.45, 2.75) is 38.3 Å². The van der Waals surface area contributed by atoms with E-state index in [9.17, 15) is 9.59 Å². The minimum atomic E-state index is 0.0552. The summed E-state index contributed by atoms with van der Waals surface area (Å²) in [5, 5.41) is 1.96. The van der Waals surface area contributed by atoms with Gasteiger partial charge in [-0.25, -0.2) is 0 Å². The van der Waals surface area contributed by atoms with Crippen molar-refractivity contribution >= 4 is 28.8 Å². The van der Waals surface area contributed by atoms with Crippen LogP contribution in [-0.2, 0) is 4.79 Å². The number of carbonyl (C=O) groups is 2. The topological polar surface area (TPSA) is 53.5 Å². The summed E-state index contributed by atoms with van der Waals surface area (Å²) in [6, 6.07) is 5.90. The van der Waals surface area contributed by atoms with E-state index in [1.165, 1.54) is 11.3 Å². The molecule has 2 saturated heterocycles. The molecule has 0 radical (unpaired) electrons. The number of likely N-dealkylation sites (tertiary alicyclic amines) is 1. The van der Waals surface area contributed by atoms with Crippen molar-refractivity contribution < 1.29 is 9.59 Å². The number of amides is 2. The Labute approximate surface area is 144 Å². The van der Waals surface area contributed by atoms with Crippen LogP contribution >= 0.6 is 11.3 Å². The molecule has 2 aliphatic rings. The summed E-state index contributed by atoms with van der Waals surface area (Å²) >= 11 is 1.50. The molecule has 4 rings (SSSR count). The Bertz CT molecular complexity index is 774. The van der Waals surface area contributed by atoms with Gasteiger partial charge in [-0.1, -0.05) is 0 Å². The van der Waals surface area contributed by atoms with Gasteiger partial charge in [0, 0.05) is 19.2 Å². The second kappa shape index (κ2) is 6.02. The second-order valence-corrected chi connectivity index (χ2v) is 7.28. The molecule has 0 aliphatic carbocycles. The molecule has 24 heavy (non-hydrogen) atoms. The highest BCUT2D eigenvalue weighted by molar-refractivity contribution is 7.12. The van der Waals surface area contributed by atoms with Crippen LogP contribution in [0.25, 0.3) is 0 Å². The normalized spacial score (nSPS) is 23.5. The molecule has 2 aromatic rings. The number of hydrogen-bond acceptors (Lipinski definition) is 4. The Hall–Kier alpha value is -2.21. The Morgan fingerprint density at radius 1 is 1.29 bits per heavy atom. The SMILES string of the molecule is Cc1ccsc1C(=O)N1CC[C@H]2[C@@H]1CCC(=O)N2c1cccnc1. The lowest BCUT2D eigenvalue weighted by Crippen LogP contribution is -2.53. The molecule has 2 amide bonds. The fraction of sp³-hybridized carbons (Fsp3) is 0.389. The van der Waals surface area contributed by atoms with Gasteiger partial charge < -0.3 is 9.80 Å². The van der Waals surface area contributed by atoms with E-state index in [4.69, 9.17) is 0 Å². The van der Waals surface area contributed by atoms with Gasteiger partial charge in [0.2, 0.25) is 5.91 Å². The van der Waals surface area contributed by atoms with Crippen LogP contribution in [0.15, 0.2) is 36.0 Å². The zero-order valence-corrected chi connectivity index (χ0v) is 14.3. The molecule has 0 aromatic carbocycles. The fourth-order valence-electron chi connectivity index (χ4n) is 3.87. The minimum absolute atomic E-state index is 0.0552. The van der Waals surface area contributed by atoms with Crippen molar-refractivity contribution in [3.63, 3.8) is 0 Å². The fourth-order valence-corrected chi connectivity index (χ4v) is 4.75. The number of pyridine rings is 1. The van der Waals surface area contributed by atoms with Gasteiger partial charge >= 0.3 is 0 Å². The predicted octanol–water partition coefficient (Wildman–Crippen LogP) is 2.86. The third-order valence-electron chi connectivity index (χ3n) is 5.01. The van der Waals surface area contributed by atoms with E-state index in [0.717, 1.165) is 29.0 Å². The summed E-state index contributed by atoms with van der Waals surface area (Å²) in [6.45, 7) is 2.68. The molecule has 0 N–H and O–H groups in total. The first-order chi connectivity index (χ1) is 11.7. The molecule has 6 heteroatoms. The zero-order valence-electron chi connectivity index (χ0n) is 13.5. The molecular weight excluding hydrogens is 322 g/mol. The van der Waals surface area contributed by atoms with E-state index in [1.807, 2.05) is 40.3 Å². The molecule has 2 aromatic heterocycles. The van der Waals surface area contributed by atoms with Gasteiger partial charge in [-0.05, 0) is 48.9 Å². The standard InChI is InChI=1S/C18H19N3O2S/c1-12-7-10-24-17(12)18(23)20-9-6-15-14(20)4-5-16(22)21(15)13-3-2-8-19-11-13/h2-3,7-8,10-11,14-15H,4-6,9H2,1H3/t14-,15-/m0/s1. The summed E-state index contributed by atoms with van der Waals surface area (Å²) in [5.74, 6) is 0.237. The van der Waals surface area contributed by atoms with Gasteiger partial charge in [0.15, 0.2) is 0 Å². The highest BCUT2D eigenvalue weighted by Crippen LogP contribution is 2.36. The van der Waals surface area contributed by atoms with Crippen LogP contribution in [-0.4, -0.2) is 40.3 Å². The second-order valence-electron chi connectivity index (χ2n) is 6.37. The van der Waals surface area contributed by atoms with Gasteiger partial charge in [0.05, 0.1) is 28.8 Å². The minimum Gasteiger partial charge on any atom is -0.333 e. The summed E-state index contributed by atoms with van der Waals surface area (Å²) in [6.07, 6.45) is 5.48. The van der Waals surface area contributed by atoms with Crippen molar-refractivity contribution in [1.29, 1.82) is 0 Å². The maximum atomic E-state index is 12.9. The van der Waals surface area contributed by atoms with E-state index < -0.39 is 0 Å². The molecule has 4 heterocycles. The van der Waals surface area contributed by atoms with Gasteiger partial charge in [-0.3, -0.25) is 14.6 Å². The van der Waals surface area contributed by atoms with Crippen LogP contribution in [0.4, 0.5) is 5.69 Å². The van der Waals surface area contributed by atoms with Crippen LogP contribution in [0, 0.1) is 6.92 Å². The number of thiophene rings is 1. The predicted molar refractivity (Wildman–Crippen MR) is 93.2 cm³/mol. The summed E-state index contributed by atoms with van der Waals surface area (Å²) in [7, 11) is 0. The molecular formula is C18H19N3O2S. The van der Waals surface area contributed by atoms with Gasteiger partial charge in [-0.15, -0.1) is 11.3 Å². The molecule has 124 valence electrons. The first kappa shape index (κ1) is 15.3. The lowest BCUT2D eigenvalue weighted by Gasteiger charge is -2.39. The van der Waals surface area contributed by atoms with Gasteiger partial charge in [0.25, 0.3) is 5.91 Å². The van der Waals surface area contributed by atoms with E-state index in [2.05, 4.69) is 4.98 Å². The first-order valence-corrected chi connectivity index (χ1v) is 9.12. The number of aryl methyl sites for hydroxylation is 1. The number of rotatable bonds is 2. The molecule has 2 aliphatic heterocycles. The Balaban J connectivity index is 1.62. The van der Waals surface area contributed by atoms with E-state index in [1.54, 1.807) is 12.4 Å². The average molecular weight is 341 g/mol. The number of aromatic nitrogens is 1. The molecule has 0 unspecified atom stereocenters. The van der Waals surface area contributed by atoms with Crippen molar-refractivity contribution in [2.75, 3.05) is 11.4 Å². The quantitative estimate of drug-likeness (QED) is 0.844. The van der Waals surface area contributed by atoms with Crippen molar-refractivity contribution in [3.8, 4) is 0 Å². The van der Waals surface area contributed by atoms with E-state index in [-0.39, 0.29) is 23.9 Å². The molecule has 2 fully saturated rings. The maximum Gasteiger partial charge on any atom is 0.264 e. The Morgan fingerprint density at radius 2 is 2.17 bits per heavy atom. The van der Waals surface area contributed by atoms with Gasteiger partial charge in [0.1, 0.15) is 0 Å². The smallest absolute Gasteiger partial charge is 0.264 e. The number of nitrogens with zero attached hydrogens (tertiary/aromatic N) is 3. The third kappa shape index (κ3) is 2.41. The number of anilines is 1. The highest BCUT2D eigenvalue weighted by atomic mass is 32.1. The molecule has 0 bridgehead atoms. The lowest BCUT2D eigenvalue weighted by atomic mass is 9.95. The van der Waals surface area contributed by atoms with Crippen LogP contribution in [0.5, 0.6) is 0 Å². The highest BCUT2D eigenvalue weighted by Gasteiger charge is 2.45. The summed E-state index contributed by atoms with van der Waals surface area (Å²) < 4.78 is 0. The molecule has 2 atom stereocenters. The Morgan fingerprint density at radius 3 is 2.88 bits per heavy atom. The first-order valence-electron chi connectivity index (χ1n) is 8.24. The zero-order chi connectivity index (χ0) is 16.7. The van der Waals surface area contributed by atoms with E-state index >= 15 is 0 Å². The Kier molecular flexibility index (Phi) is 3.84. The molecule has 0 spiro atoms.